The molecule has 1 aliphatic rings. The first-order valence-corrected chi connectivity index (χ1v) is 8.54. The number of piperidine rings is 1. The number of hydrogen-bond donors (Lipinski definition) is 2. The third-order valence-corrected chi connectivity index (χ3v) is 4.37. The van der Waals surface area contributed by atoms with Gasteiger partial charge in [-0.15, -0.1) is 0 Å². The molecule has 0 atom stereocenters. The lowest BCUT2D eigenvalue weighted by atomic mass is 9.98. The molecule has 1 aliphatic heterocycles. The van der Waals surface area contributed by atoms with Crippen LogP contribution in [0.3, 0.4) is 0 Å². The molecule has 0 aliphatic carbocycles. The Bertz CT molecular complexity index is 511. The molecule has 0 unspecified atom stereocenters. The number of unbranched alkanes of at least 4 members (excludes halogenated alkanes) is 1. The maximum Gasteiger partial charge on any atom is 0.321 e. The van der Waals surface area contributed by atoms with Crippen LogP contribution < -0.4 is 10.1 Å². The maximum absolute atomic E-state index is 12.3. The summed E-state index contributed by atoms with van der Waals surface area (Å²) in [5, 5.41) is 12.1. The summed E-state index contributed by atoms with van der Waals surface area (Å²) in [5.74, 6) is 1.18. The van der Waals surface area contributed by atoms with Gasteiger partial charge in [-0.25, -0.2) is 4.79 Å². The van der Waals surface area contributed by atoms with Crippen molar-refractivity contribution in [3.8, 4) is 5.75 Å². The van der Waals surface area contributed by atoms with Crippen LogP contribution in [0.5, 0.6) is 5.75 Å². The van der Waals surface area contributed by atoms with Crippen LogP contribution in [0.4, 0.5) is 10.5 Å². The number of benzene rings is 1. The van der Waals surface area contributed by atoms with Gasteiger partial charge in [0, 0.05) is 25.4 Å². The molecule has 5 heteroatoms. The zero-order valence-corrected chi connectivity index (χ0v) is 14.2. The van der Waals surface area contributed by atoms with E-state index in [1.807, 2.05) is 30.0 Å². The van der Waals surface area contributed by atoms with Gasteiger partial charge < -0.3 is 20.1 Å². The summed E-state index contributed by atoms with van der Waals surface area (Å²) in [4.78, 5) is 14.1. The van der Waals surface area contributed by atoms with Gasteiger partial charge in [-0.3, -0.25) is 0 Å². The van der Waals surface area contributed by atoms with Gasteiger partial charge in [0.15, 0.2) is 0 Å². The zero-order valence-electron chi connectivity index (χ0n) is 14.2. The van der Waals surface area contributed by atoms with Gasteiger partial charge in [0.1, 0.15) is 5.75 Å². The lowest BCUT2D eigenvalue weighted by Gasteiger charge is -2.31. The fraction of sp³-hybridized carbons (Fsp3) is 0.611. The highest BCUT2D eigenvalue weighted by Gasteiger charge is 2.22. The highest BCUT2D eigenvalue weighted by Crippen LogP contribution is 2.23. The van der Waals surface area contributed by atoms with Gasteiger partial charge in [-0.1, -0.05) is 13.3 Å². The van der Waals surface area contributed by atoms with Gasteiger partial charge >= 0.3 is 6.03 Å². The minimum atomic E-state index is -0.0656. The molecule has 0 radical (unpaired) electrons. The van der Waals surface area contributed by atoms with Crippen molar-refractivity contribution >= 4 is 11.7 Å². The van der Waals surface area contributed by atoms with E-state index >= 15 is 0 Å². The first-order chi connectivity index (χ1) is 11.1. The van der Waals surface area contributed by atoms with Crippen molar-refractivity contribution in [2.75, 3.05) is 31.6 Å². The Hall–Kier alpha value is -1.75. The highest BCUT2D eigenvalue weighted by molar-refractivity contribution is 5.90. The van der Waals surface area contributed by atoms with Crippen LogP contribution in [0, 0.1) is 12.8 Å². The predicted molar refractivity (Wildman–Crippen MR) is 92.0 cm³/mol. The molecule has 128 valence electrons. The summed E-state index contributed by atoms with van der Waals surface area (Å²) in [6.45, 7) is 6.45. The lowest BCUT2D eigenvalue weighted by molar-refractivity contribution is 0.143. The topological polar surface area (TPSA) is 61.8 Å². The van der Waals surface area contributed by atoms with Crippen molar-refractivity contribution in [2.24, 2.45) is 5.92 Å². The Balaban J connectivity index is 1.88. The fourth-order valence-corrected chi connectivity index (χ4v) is 2.71. The predicted octanol–water partition coefficient (Wildman–Crippen LogP) is 3.41. The number of aliphatic hydroxyl groups is 1. The number of likely N-dealkylation sites (tertiary alicyclic amines) is 1. The largest absolute Gasteiger partial charge is 0.494 e. The van der Waals surface area contributed by atoms with Crippen molar-refractivity contribution in [3.63, 3.8) is 0 Å². The monoisotopic (exact) mass is 320 g/mol. The average Bonchev–Trinajstić information content (AvgIpc) is 2.57. The van der Waals surface area contributed by atoms with Crippen molar-refractivity contribution in [1.29, 1.82) is 0 Å². The molecule has 2 amide bonds. The number of carbonyl (C=O) groups is 1. The Morgan fingerprint density at radius 3 is 2.74 bits per heavy atom. The van der Waals surface area contributed by atoms with Crippen LogP contribution >= 0.6 is 0 Å². The Morgan fingerprint density at radius 1 is 1.39 bits per heavy atom. The van der Waals surface area contributed by atoms with Crippen molar-refractivity contribution in [1.82, 2.24) is 4.90 Å². The quantitative estimate of drug-likeness (QED) is 0.790. The van der Waals surface area contributed by atoms with Crippen LogP contribution in [0.15, 0.2) is 18.2 Å². The van der Waals surface area contributed by atoms with Crippen molar-refractivity contribution in [2.45, 2.75) is 39.5 Å². The van der Waals surface area contributed by atoms with Crippen LogP contribution in [0.25, 0.3) is 0 Å². The second kappa shape index (κ2) is 8.77. The molecule has 1 aromatic carbocycles. The summed E-state index contributed by atoms with van der Waals surface area (Å²) >= 11 is 0. The number of amides is 2. The number of anilines is 1. The normalized spacial score (nSPS) is 15.5. The van der Waals surface area contributed by atoms with Gasteiger partial charge in [0.2, 0.25) is 0 Å². The molecule has 1 heterocycles. The molecule has 23 heavy (non-hydrogen) atoms. The van der Waals surface area contributed by atoms with Crippen LogP contribution in [0.1, 0.15) is 38.2 Å². The minimum Gasteiger partial charge on any atom is -0.494 e. The van der Waals surface area contributed by atoms with Crippen LogP contribution in [-0.4, -0.2) is 42.3 Å². The number of hydrogen-bond acceptors (Lipinski definition) is 3. The molecule has 1 fully saturated rings. The van der Waals surface area contributed by atoms with Gasteiger partial charge in [0.05, 0.1) is 6.61 Å². The van der Waals surface area contributed by atoms with E-state index in [0.29, 0.717) is 19.0 Å². The molecule has 0 aromatic heterocycles. The summed E-state index contributed by atoms with van der Waals surface area (Å²) < 4.78 is 5.68. The van der Waals surface area contributed by atoms with E-state index in [2.05, 4.69) is 12.2 Å². The Morgan fingerprint density at radius 2 is 2.13 bits per heavy atom. The first-order valence-electron chi connectivity index (χ1n) is 8.54. The van der Waals surface area contributed by atoms with Gasteiger partial charge in [-0.2, -0.15) is 0 Å². The smallest absolute Gasteiger partial charge is 0.321 e. The summed E-state index contributed by atoms with van der Waals surface area (Å²) in [5.41, 5.74) is 1.82. The second-order valence-electron chi connectivity index (χ2n) is 6.22. The molecule has 0 bridgehead atoms. The van der Waals surface area contributed by atoms with Crippen LogP contribution in [0.2, 0.25) is 0 Å². The lowest BCUT2D eigenvalue weighted by Crippen LogP contribution is -2.41. The number of urea groups is 1. The highest BCUT2D eigenvalue weighted by atomic mass is 16.5. The van der Waals surface area contributed by atoms with Crippen molar-refractivity contribution in [3.05, 3.63) is 23.8 Å². The number of nitrogens with zero attached hydrogens (tertiary/aromatic N) is 1. The van der Waals surface area contributed by atoms with E-state index < -0.39 is 0 Å². The number of aliphatic hydroxyl groups excluding tert-OH is 1. The summed E-state index contributed by atoms with van der Waals surface area (Å²) in [6.07, 6.45) is 3.89. The maximum atomic E-state index is 12.3. The molecule has 5 nitrogen and oxygen atoms in total. The Kier molecular flexibility index (Phi) is 6.71. The van der Waals surface area contributed by atoms with Crippen molar-refractivity contribution < 1.29 is 14.6 Å². The third-order valence-electron chi connectivity index (χ3n) is 4.37. The fourth-order valence-electron chi connectivity index (χ4n) is 2.71. The molecule has 1 aromatic rings. The molecular weight excluding hydrogens is 292 g/mol. The number of nitrogens with one attached hydrogen (secondary N) is 1. The first kappa shape index (κ1) is 17.6. The summed E-state index contributed by atoms with van der Waals surface area (Å²) in [7, 11) is 0. The SMILES string of the molecule is CCCCOc1ccc(NC(=O)N2CCC(CO)CC2)c(C)c1. The van der Waals surface area contributed by atoms with E-state index in [4.69, 9.17) is 9.84 Å². The molecule has 2 rings (SSSR count). The van der Waals surface area contributed by atoms with Gasteiger partial charge in [0.25, 0.3) is 0 Å². The van der Waals surface area contributed by atoms with E-state index in [9.17, 15) is 4.79 Å². The minimum absolute atomic E-state index is 0.0656. The van der Waals surface area contributed by atoms with E-state index in [0.717, 1.165) is 49.3 Å². The molecule has 1 saturated heterocycles. The van der Waals surface area contributed by atoms with E-state index in [1.165, 1.54) is 0 Å². The van der Waals surface area contributed by atoms with Gasteiger partial charge in [-0.05, 0) is 55.9 Å². The Labute approximate surface area is 138 Å². The average molecular weight is 320 g/mol. The molecule has 2 N–H and O–H groups in total. The van der Waals surface area contributed by atoms with Crippen LogP contribution in [-0.2, 0) is 0 Å². The molecular formula is C18H28N2O3. The standard InChI is InChI=1S/C18H28N2O3/c1-3-4-11-23-16-5-6-17(14(2)12-16)19-18(22)20-9-7-15(13-21)8-10-20/h5-6,12,15,21H,3-4,7-11,13H2,1-2H3,(H,19,22). The number of aryl methyl sites for hydroxylation is 1. The second-order valence-corrected chi connectivity index (χ2v) is 6.22. The number of ether oxygens (including phenoxy) is 1. The molecule has 0 saturated carbocycles. The third kappa shape index (κ3) is 5.13. The number of carbonyl (C=O) groups excluding carboxylic acids is 1. The molecule has 0 spiro atoms. The van der Waals surface area contributed by atoms with E-state index in [1.54, 1.807) is 0 Å². The zero-order chi connectivity index (χ0) is 16.7. The number of rotatable bonds is 6. The summed E-state index contributed by atoms with van der Waals surface area (Å²) in [6, 6.07) is 5.69. The van der Waals surface area contributed by atoms with E-state index in [-0.39, 0.29) is 12.6 Å².